The van der Waals surface area contributed by atoms with E-state index in [2.05, 4.69) is 65.2 Å². The fraction of sp³-hybridized carbons (Fsp3) is 1.00. The molecule has 162 valence electrons. The van der Waals surface area contributed by atoms with Crippen LogP contribution in [0.15, 0.2) is 0 Å². The van der Waals surface area contributed by atoms with Crippen LogP contribution in [0.3, 0.4) is 0 Å². The van der Waals surface area contributed by atoms with E-state index in [9.17, 15) is 10.4 Å². The zero-order valence-corrected chi connectivity index (χ0v) is 19.4. The van der Waals surface area contributed by atoms with Crippen LogP contribution in [0.4, 0.5) is 0 Å². The standard InChI is InChI=1S/C22H42N4O2/c1-19(2)13-17(14-20(3,4)25(19)27)23-9-11-24(12-10-23)18-15-21(5,6)26(28)22(7,8)16-18/h17-18H,9-16H2,1-8H3. The second kappa shape index (κ2) is 7.17. The maximum absolute atomic E-state index is 12.7. The maximum Gasteiger partial charge on any atom is 0.0458 e. The third-order valence-electron chi connectivity index (χ3n) is 7.52. The van der Waals surface area contributed by atoms with Gasteiger partial charge in [-0.3, -0.25) is 9.80 Å². The number of nitrogens with zero attached hydrogens (tertiary/aromatic N) is 4. The average Bonchev–Trinajstić information content (AvgIpc) is 2.56. The van der Waals surface area contributed by atoms with Crippen molar-refractivity contribution in [3.05, 3.63) is 0 Å². The zero-order valence-electron chi connectivity index (χ0n) is 19.4. The molecule has 0 unspecified atom stereocenters. The molecule has 0 saturated carbocycles. The van der Waals surface area contributed by atoms with E-state index in [0.29, 0.717) is 12.1 Å². The van der Waals surface area contributed by atoms with Gasteiger partial charge in [-0.05, 0) is 81.1 Å². The van der Waals surface area contributed by atoms with Gasteiger partial charge in [0.15, 0.2) is 0 Å². The highest BCUT2D eigenvalue weighted by Crippen LogP contribution is 2.41. The van der Waals surface area contributed by atoms with Crippen molar-refractivity contribution in [2.24, 2.45) is 0 Å². The summed E-state index contributed by atoms with van der Waals surface area (Å²) in [7, 11) is 0. The Morgan fingerprint density at radius 2 is 0.714 bits per heavy atom. The molecule has 3 fully saturated rings. The lowest BCUT2D eigenvalue weighted by molar-refractivity contribution is -0.297. The van der Waals surface area contributed by atoms with Gasteiger partial charge in [0.2, 0.25) is 0 Å². The van der Waals surface area contributed by atoms with Crippen LogP contribution < -0.4 is 0 Å². The molecule has 6 heteroatoms. The fourth-order valence-electron chi connectivity index (χ4n) is 6.41. The molecule has 3 rings (SSSR count). The Balaban J connectivity index is 1.62. The monoisotopic (exact) mass is 394 g/mol. The van der Waals surface area contributed by atoms with Crippen LogP contribution in [-0.4, -0.2) is 80.3 Å². The molecule has 0 amide bonds. The van der Waals surface area contributed by atoms with E-state index in [-0.39, 0.29) is 22.2 Å². The summed E-state index contributed by atoms with van der Waals surface area (Å²) in [4.78, 5) is 5.23. The number of piperazine rings is 1. The first-order valence-electron chi connectivity index (χ1n) is 11.1. The lowest BCUT2D eigenvalue weighted by Gasteiger charge is -2.55. The molecule has 0 aromatic heterocycles. The van der Waals surface area contributed by atoms with E-state index in [0.717, 1.165) is 51.9 Å². The lowest BCUT2D eigenvalue weighted by atomic mass is 9.77. The molecular weight excluding hydrogens is 352 g/mol. The van der Waals surface area contributed by atoms with Crippen molar-refractivity contribution in [1.82, 2.24) is 19.9 Å². The third-order valence-corrected chi connectivity index (χ3v) is 7.52. The first kappa shape index (κ1) is 22.4. The van der Waals surface area contributed by atoms with E-state index in [1.54, 1.807) is 0 Å². The van der Waals surface area contributed by atoms with Crippen LogP contribution in [0.25, 0.3) is 0 Å². The lowest BCUT2D eigenvalue weighted by Crippen LogP contribution is -2.66. The second-order valence-corrected chi connectivity index (χ2v) is 12.0. The van der Waals surface area contributed by atoms with Crippen LogP contribution in [0, 0.1) is 0 Å². The SMILES string of the molecule is CC1(C)CC(N2CCN(C3CC(C)(C)N([O])C(C)(C)C3)CC2)CC(C)(C)N1[O]. The Morgan fingerprint density at radius 1 is 0.500 bits per heavy atom. The summed E-state index contributed by atoms with van der Waals surface area (Å²) in [5.41, 5.74) is -1.23. The Morgan fingerprint density at radius 3 is 0.929 bits per heavy atom. The molecule has 0 bridgehead atoms. The normalized spacial score (nSPS) is 33.2. The topological polar surface area (TPSA) is 52.8 Å². The molecule has 3 heterocycles. The second-order valence-electron chi connectivity index (χ2n) is 12.0. The van der Waals surface area contributed by atoms with Crippen molar-refractivity contribution in [1.29, 1.82) is 0 Å². The van der Waals surface area contributed by atoms with Crippen LogP contribution in [0.5, 0.6) is 0 Å². The van der Waals surface area contributed by atoms with Crippen molar-refractivity contribution < 1.29 is 10.4 Å². The predicted octanol–water partition coefficient (Wildman–Crippen LogP) is 3.34. The molecular formula is C22H42N4O2. The number of hydrogen-bond donors (Lipinski definition) is 0. The molecule has 3 saturated heterocycles. The number of hydrogen-bond acceptors (Lipinski definition) is 4. The smallest absolute Gasteiger partial charge is 0.0458 e. The molecule has 0 spiro atoms. The highest BCUT2D eigenvalue weighted by atomic mass is 16.5. The van der Waals surface area contributed by atoms with Gasteiger partial charge in [0, 0.05) is 60.4 Å². The first-order valence-corrected chi connectivity index (χ1v) is 11.1. The molecule has 3 aliphatic rings. The van der Waals surface area contributed by atoms with E-state index < -0.39 is 0 Å². The Labute approximate surface area is 172 Å². The molecule has 0 aliphatic carbocycles. The van der Waals surface area contributed by atoms with Crippen molar-refractivity contribution in [2.75, 3.05) is 26.2 Å². The summed E-state index contributed by atoms with van der Waals surface area (Å²) in [6, 6.07) is 0.961. The molecule has 28 heavy (non-hydrogen) atoms. The van der Waals surface area contributed by atoms with Crippen LogP contribution in [-0.2, 0) is 10.4 Å². The Hall–Kier alpha value is -0.240. The fourth-order valence-corrected chi connectivity index (χ4v) is 6.41. The number of piperidine rings is 2. The number of hydroxylamine groups is 4. The van der Waals surface area contributed by atoms with Crippen molar-refractivity contribution in [3.63, 3.8) is 0 Å². The van der Waals surface area contributed by atoms with Crippen molar-refractivity contribution in [2.45, 2.75) is 115 Å². The Bertz CT molecular complexity index is 481. The van der Waals surface area contributed by atoms with E-state index in [1.165, 1.54) is 10.1 Å². The van der Waals surface area contributed by atoms with Crippen LogP contribution >= 0.6 is 0 Å². The van der Waals surface area contributed by atoms with Gasteiger partial charge in [-0.2, -0.15) is 0 Å². The van der Waals surface area contributed by atoms with Gasteiger partial charge in [0.25, 0.3) is 0 Å². The van der Waals surface area contributed by atoms with Gasteiger partial charge in [-0.15, -0.1) is 20.5 Å². The maximum atomic E-state index is 12.7. The third kappa shape index (κ3) is 4.14. The first-order chi connectivity index (χ1) is 12.7. The van der Waals surface area contributed by atoms with Gasteiger partial charge in [0.1, 0.15) is 0 Å². The average molecular weight is 395 g/mol. The Kier molecular flexibility index (Phi) is 5.75. The summed E-state index contributed by atoms with van der Waals surface area (Å²) < 4.78 is 0. The minimum absolute atomic E-state index is 0.307. The zero-order chi connectivity index (χ0) is 21.1. The van der Waals surface area contributed by atoms with E-state index in [1.807, 2.05) is 0 Å². The molecule has 3 aliphatic heterocycles. The molecule has 0 atom stereocenters. The van der Waals surface area contributed by atoms with Crippen molar-refractivity contribution in [3.8, 4) is 0 Å². The van der Waals surface area contributed by atoms with Gasteiger partial charge >= 0.3 is 0 Å². The summed E-state index contributed by atoms with van der Waals surface area (Å²) in [5.74, 6) is 0. The summed E-state index contributed by atoms with van der Waals surface area (Å²) in [6.07, 6.45) is 3.76. The largest absolute Gasteiger partial charge is 0.298 e. The molecule has 0 aromatic carbocycles. The highest BCUT2D eigenvalue weighted by Gasteiger charge is 2.50. The molecule has 2 radical (unpaired) electrons. The predicted molar refractivity (Wildman–Crippen MR) is 111 cm³/mol. The van der Waals surface area contributed by atoms with Crippen LogP contribution in [0.1, 0.15) is 81.1 Å². The molecule has 0 N–H and O–H groups in total. The van der Waals surface area contributed by atoms with Gasteiger partial charge in [0.05, 0.1) is 0 Å². The number of rotatable bonds is 2. The molecule has 6 nitrogen and oxygen atoms in total. The minimum atomic E-state index is -0.307. The summed E-state index contributed by atoms with van der Waals surface area (Å²) >= 11 is 0. The van der Waals surface area contributed by atoms with E-state index >= 15 is 0 Å². The van der Waals surface area contributed by atoms with Crippen molar-refractivity contribution >= 4 is 0 Å². The quantitative estimate of drug-likeness (QED) is 0.721. The van der Waals surface area contributed by atoms with Gasteiger partial charge in [-0.25, -0.2) is 0 Å². The molecule has 0 aromatic rings. The highest BCUT2D eigenvalue weighted by molar-refractivity contribution is 5.02. The van der Waals surface area contributed by atoms with Crippen LogP contribution in [0.2, 0.25) is 0 Å². The summed E-state index contributed by atoms with van der Waals surface area (Å²) in [5, 5.41) is 28.0. The van der Waals surface area contributed by atoms with Gasteiger partial charge in [-0.1, -0.05) is 0 Å². The van der Waals surface area contributed by atoms with Gasteiger partial charge < -0.3 is 0 Å². The van der Waals surface area contributed by atoms with E-state index in [4.69, 9.17) is 0 Å². The summed E-state index contributed by atoms with van der Waals surface area (Å²) in [6.45, 7) is 21.0. The minimum Gasteiger partial charge on any atom is -0.298 e.